The second-order valence-corrected chi connectivity index (χ2v) is 3.49. The minimum Gasteiger partial charge on any atom is -0.479 e. The minimum absolute atomic E-state index is 0.00130. The molecule has 0 radical (unpaired) electrons. The van der Waals surface area contributed by atoms with E-state index in [-0.39, 0.29) is 11.9 Å². The summed E-state index contributed by atoms with van der Waals surface area (Å²) in [6, 6.07) is -0.310. The van der Waals surface area contributed by atoms with Crippen LogP contribution in [0, 0.1) is 5.41 Å². The molecule has 6 nitrogen and oxygen atoms in total. The molecule has 14 heavy (non-hydrogen) atoms. The first-order chi connectivity index (χ1) is 6.54. The Balaban J connectivity index is 2.72. The molecule has 0 spiro atoms. The number of hydrogen-bond donors (Lipinski definition) is 4. The van der Waals surface area contributed by atoms with Gasteiger partial charge < -0.3 is 16.6 Å². The van der Waals surface area contributed by atoms with Crippen LogP contribution in [0.4, 0.5) is 0 Å². The van der Waals surface area contributed by atoms with Crippen LogP contribution in [0.3, 0.4) is 0 Å². The van der Waals surface area contributed by atoms with Crippen LogP contribution in [0.15, 0.2) is 0 Å². The van der Waals surface area contributed by atoms with Crippen molar-refractivity contribution in [1.82, 2.24) is 4.90 Å². The van der Waals surface area contributed by atoms with Gasteiger partial charge in [-0.15, -0.1) is 0 Å². The number of amidine groups is 1. The van der Waals surface area contributed by atoms with E-state index < -0.39 is 12.1 Å². The standard InChI is InChI=1S/C8H16N4O2/c9-6(10)5-3-1-2-4-12(5)7(11)8(13)14/h5,7H,1-4,11H2,(H3,9,10)(H,13,14). The van der Waals surface area contributed by atoms with E-state index >= 15 is 0 Å². The average molecular weight is 200 g/mol. The molecule has 1 heterocycles. The smallest absolute Gasteiger partial charge is 0.335 e. The summed E-state index contributed by atoms with van der Waals surface area (Å²) in [4.78, 5) is 12.3. The average Bonchev–Trinajstić information content (AvgIpc) is 2.16. The SMILES string of the molecule is N=C(N)C1CCCCN1C(N)C(=O)O. The van der Waals surface area contributed by atoms with Crippen molar-refractivity contribution in [2.24, 2.45) is 11.5 Å². The van der Waals surface area contributed by atoms with Crippen LogP contribution < -0.4 is 11.5 Å². The zero-order valence-corrected chi connectivity index (χ0v) is 7.94. The van der Waals surface area contributed by atoms with Gasteiger partial charge in [0, 0.05) is 6.54 Å². The van der Waals surface area contributed by atoms with Gasteiger partial charge in [0.1, 0.15) is 5.84 Å². The van der Waals surface area contributed by atoms with Gasteiger partial charge in [-0.1, -0.05) is 6.42 Å². The van der Waals surface area contributed by atoms with Gasteiger partial charge in [0.25, 0.3) is 0 Å². The van der Waals surface area contributed by atoms with Gasteiger partial charge in [0.2, 0.25) is 0 Å². The first-order valence-corrected chi connectivity index (χ1v) is 4.62. The number of hydrogen-bond acceptors (Lipinski definition) is 4. The molecule has 6 heteroatoms. The Morgan fingerprint density at radius 1 is 1.57 bits per heavy atom. The molecule has 1 fully saturated rings. The molecule has 0 aromatic heterocycles. The third-order valence-electron chi connectivity index (χ3n) is 2.51. The summed E-state index contributed by atoms with van der Waals surface area (Å²) in [6.07, 6.45) is 1.54. The molecule has 0 aromatic carbocycles. The largest absolute Gasteiger partial charge is 0.479 e. The summed E-state index contributed by atoms with van der Waals surface area (Å²) in [5.74, 6) is -1.07. The Labute approximate surface area is 82.4 Å². The Bertz CT molecular complexity index is 243. The van der Waals surface area contributed by atoms with Gasteiger partial charge in [-0.3, -0.25) is 10.3 Å². The molecule has 0 aromatic rings. The number of carbonyl (C=O) groups is 1. The Morgan fingerprint density at radius 3 is 2.71 bits per heavy atom. The van der Waals surface area contributed by atoms with Crippen molar-refractivity contribution >= 4 is 11.8 Å². The maximum atomic E-state index is 10.7. The van der Waals surface area contributed by atoms with Crippen LogP contribution >= 0.6 is 0 Å². The van der Waals surface area contributed by atoms with Crippen LogP contribution in [0.5, 0.6) is 0 Å². The van der Waals surface area contributed by atoms with Crippen LogP contribution in [0.1, 0.15) is 19.3 Å². The molecule has 80 valence electrons. The molecular weight excluding hydrogens is 184 g/mol. The van der Waals surface area contributed by atoms with Gasteiger partial charge in [-0.25, -0.2) is 4.79 Å². The minimum atomic E-state index is -1.07. The lowest BCUT2D eigenvalue weighted by molar-refractivity contribution is -0.144. The lowest BCUT2D eigenvalue weighted by Crippen LogP contribution is -2.58. The number of nitrogens with zero attached hydrogens (tertiary/aromatic N) is 1. The van der Waals surface area contributed by atoms with E-state index in [0.717, 1.165) is 19.3 Å². The number of nitrogens with one attached hydrogen (secondary N) is 1. The third-order valence-corrected chi connectivity index (χ3v) is 2.51. The quantitative estimate of drug-likeness (QED) is 0.349. The highest BCUT2D eigenvalue weighted by Gasteiger charge is 2.32. The van der Waals surface area contributed by atoms with Gasteiger partial charge in [0.15, 0.2) is 6.17 Å². The lowest BCUT2D eigenvalue weighted by Gasteiger charge is -2.36. The Morgan fingerprint density at radius 2 is 2.21 bits per heavy atom. The summed E-state index contributed by atoms with van der Waals surface area (Å²) in [5, 5.41) is 16.1. The number of nitrogens with two attached hydrogens (primary N) is 2. The summed E-state index contributed by atoms with van der Waals surface area (Å²) in [5.41, 5.74) is 10.9. The molecular formula is C8H16N4O2. The maximum Gasteiger partial charge on any atom is 0.335 e. The molecule has 0 amide bonds. The van der Waals surface area contributed by atoms with Crippen molar-refractivity contribution in [1.29, 1.82) is 5.41 Å². The maximum absolute atomic E-state index is 10.7. The van der Waals surface area contributed by atoms with Crippen molar-refractivity contribution in [2.75, 3.05) is 6.54 Å². The van der Waals surface area contributed by atoms with E-state index in [9.17, 15) is 4.79 Å². The van der Waals surface area contributed by atoms with Crippen LogP contribution in [0.2, 0.25) is 0 Å². The number of aliphatic carboxylic acids is 1. The fraction of sp³-hybridized carbons (Fsp3) is 0.750. The van der Waals surface area contributed by atoms with Gasteiger partial charge in [0.05, 0.1) is 6.04 Å². The van der Waals surface area contributed by atoms with Gasteiger partial charge in [-0.05, 0) is 12.8 Å². The molecule has 1 aliphatic rings. The van der Waals surface area contributed by atoms with E-state index in [1.165, 1.54) is 0 Å². The number of rotatable bonds is 3. The van der Waals surface area contributed by atoms with Crippen molar-refractivity contribution in [3.05, 3.63) is 0 Å². The van der Waals surface area contributed by atoms with E-state index in [2.05, 4.69) is 0 Å². The molecule has 1 saturated heterocycles. The van der Waals surface area contributed by atoms with E-state index in [1.807, 2.05) is 0 Å². The highest BCUT2D eigenvalue weighted by molar-refractivity contribution is 5.84. The molecule has 0 bridgehead atoms. The first kappa shape index (κ1) is 10.9. The topological polar surface area (TPSA) is 116 Å². The fourth-order valence-corrected chi connectivity index (χ4v) is 1.76. The number of carboxylic acids is 1. The van der Waals surface area contributed by atoms with E-state index in [4.69, 9.17) is 22.0 Å². The number of carboxylic acid groups (broad SMARTS) is 1. The second kappa shape index (κ2) is 4.39. The highest BCUT2D eigenvalue weighted by atomic mass is 16.4. The third kappa shape index (κ3) is 2.21. The van der Waals surface area contributed by atoms with Crippen molar-refractivity contribution in [3.63, 3.8) is 0 Å². The summed E-state index contributed by atoms with van der Waals surface area (Å²) in [6.45, 7) is 0.595. The Hall–Kier alpha value is -1.14. The molecule has 6 N–H and O–H groups in total. The summed E-state index contributed by atoms with van der Waals surface area (Å²) >= 11 is 0. The summed E-state index contributed by atoms with van der Waals surface area (Å²) in [7, 11) is 0. The zero-order valence-electron chi connectivity index (χ0n) is 7.94. The molecule has 1 rings (SSSR count). The fourth-order valence-electron chi connectivity index (χ4n) is 1.76. The lowest BCUT2D eigenvalue weighted by atomic mass is 10.0. The van der Waals surface area contributed by atoms with E-state index in [0.29, 0.717) is 6.54 Å². The molecule has 2 atom stereocenters. The Kier molecular flexibility index (Phi) is 3.43. The monoisotopic (exact) mass is 200 g/mol. The normalized spacial score (nSPS) is 25.6. The molecule has 2 unspecified atom stereocenters. The zero-order chi connectivity index (χ0) is 10.7. The predicted molar refractivity (Wildman–Crippen MR) is 51.9 cm³/mol. The first-order valence-electron chi connectivity index (χ1n) is 4.62. The van der Waals surface area contributed by atoms with Gasteiger partial charge >= 0.3 is 5.97 Å². The van der Waals surface area contributed by atoms with Crippen molar-refractivity contribution in [2.45, 2.75) is 31.5 Å². The predicted octanol–water partition coefficient (Wildman–Crippen LogP) is -0.854. The van der Waals surface area contributed by atoms with Crippen LogP contribution in [-0.2, 0) is 4.79 Å². The molecule has 0 aliphatic carbocycles. The molecule has 1 aliphatic heterocycles. The van der Waals surface area contributed by atoms with Crippen molar-refractivity contribution < 1.29 is 9.90 Å². The molecule has 0 saturated carbocycles. The highest BCUT2D eigenvalue weighted by Crippen LogP contribution is 2.17. The van der Waals surface area contributed by atoms with Gasteiger partial charge in [-0.2, -0.15) is 0 Å². The second-order valence-electron chi connectivity index (χ2n) is 3.49. The number of likely N-dealkylation sites (tertiary alicyclic amines) is 1. The van der Waals surface area contributed by atoms with E-state index in [1.54, 1.807) is 4.90 Å². The number of piperidine rings is 1. The van der Waals surface area contributed by atoms with Crippen LogP contribution in [0.25, 0.3) is 0 Å². The van der Waals surface area contributed by atoms with Crippen LogP contribution in [-0.4, -0.2) is 40.6 Å². The van der Waals surface area contributed by atoms with Crippen molar-refractivity contribution in [3.8, 4) is 0 Å². The summed E-state index contributed by atoms with van der Waals surface area (Å²) < 4.78 is 0.